The fourth-order valence-electron chi connectivity index (χ4n) is 2.26. The van der Waals surface area contributed by atoms with Crippen molar-refractivity contribution in [2.24, 2.45) is 5.73 Å². The third-order valence-electron chi connectivity index (χ3n) is 3.68. The lowest BCUT2D eigenvalue weighted by Crippen LogP contribution is -2.51. The molecule has 0 spiro atoms. The highest BCUT2D eigenvalue weighted by atomic mass is 32.1. The van der Waals surface area contributed by atoms with E-state index in [1.54, 1.807) is 6.29 Å². The van der Waals surface area contributed by atoms with E-state index in [4.69, 9.17) is 15.9 Å². The van der Waals surface area contributed by atoms with E-state index in [0.717, 1.165) is 4.90 Å². The number of aliphatic carboxylic acids is 2. The maximum absolute atomic E-state index is 12.8. The van der Waals surface area contributed by atoms with Gasteiger partial charge < -0.3 is 21.3 Å². The predicted molar refractivity (Wildman–Crippen MR) is 102 cm³/mol. The van der Waals surface area contributed by atoms with Crippen LogP contribution in [0.2, 0.25) is 0 Å². The first-order valence-corrected chi connectivity index (χ1v) is 8.73. The Hall–Kier alpha value is -2.92. The van der Waals surface area contributed by atoms with Gasteiger partial charge in [-0.05, 0) is 18.6 Å². The van der Waals surface area contributed by atoms with Gasteiger partial charge >= 0.3 is 11.9 Å². The molecule has 0 aromatic heterocycles. The highest BCUT2D eigenvalue weighted by molar-refractivity contribution is 7.80. The first-order chi connectivity index (χ1) is 13.2. The van der Waals surface area contributed by atoms with Gasteiger partial charge in [0.1, 0.15) is 18.6 Å². The molecular formula is C17H20N3O7S. The third-order valence-corrected chi connectivity index (χ3v) is 4.04. The van der Waals surface area contributed by atoms with Gasteiger partial charge in [-0.25, -0.2) is 0 Å². The molecule has 2 amide bonds. The summed E-state index contributed by atoms with van der Waals surface area (Å²) in [7, 11) is 0. The van der Waals surface area contributed by atoms with Crippen molar-refractivity contribution in [3.05, 3.63) is 29.8 Å². The standard InChI is InChI=1S/C17H20N3O7S/c18-11(17(26)27)5-6-14(22)19-12(9-28)16(25)20(7-15(23)24)13-4-2-1-3-10(13)8-21/h1-4,11-12,28H,5-7,9,18H2,(H,19,22)(H,23,24)(H,26,27). The van der Waals surface area contributed by atoms with E-state index < -0.39 is 42.4 Å². The average molecular weight is 410 g/mol. The summed E-state index contributed by atoms with van der Waals surface area (Å²) in [5, 5.41) is 20.2. The first kappa shape index (κ1) is 23.1. The number of benzene rings is 1. The van der Waals surface area contributed by atoms with Crippen LogP contribution in [-0.4, -0.2) is 64.6 Å². The molecule has 5 N–H and O–H groups in total. The summed E-state index contributed by atoms with van der Waals surface area (Å²) < 4.78 is 0. The summed E-state index contributed by atoms with van der Waals surface area (Å²) in [6.07, 6.45) is 1.24. The summed E-state index contributed by atoms with van der Waals surface area (Å²) in [6.45, 7) is -0.748. The minimum Gasteiger partial charge on any atom is -0.480 e. The lowest BCUT2D eigenvalue weighted by Gasteiger charge is -2.27. The molecule has 1 aromatic carbocycles. The number of amides is 2. The van der Waals surface area contributed by atoms with Crippen LogP contribution in [0.1, 0.15) is 18.4 Å². The number of anilines is 1. The number of carboxylic acid groups (broad SMARTS) is 2. The van der Waals surface area contributed by atoms with Crippen LogP contribution in [0.3, 0.4) is 0 Å². The van der Waals surface area contributed by atoms with E-state index in [0.29, 0.717) is 0 Å². The van der Waals surface area contributed by atoms with E-state index in [1.807, 2.05) is 0 Å². The second-order valence-electron chi connectivity index (χ2n) is 5.72. The zero-order chi connectivity index (χ0) is 21.3. The number of thiol groups is 1. The van der Waals surface area contributed by atoms with Crippen LogP contribution >= 0.6 is 12.6 Å². The van der Waals surface area contributed by atoms with Gasteiger partial charge in [0.15, 0.2) is 0 Å². The van der Waals surface area contributed by atoms with Crippen LogP contribution in [-0.2, 0) is 24.0 Å². The molecule has 1 radical (unpaired) electrons. The molecule has 10 nitrogen and oxygen atoms in total. The zero-order valence-electron chi connectivity index (χ0n) is 14.7. The number of nitrogens with one attached hydrogen (secondary N) is 1. The zero-order valence-corrected chi connectivity index (χ0v) is 15.6. The number of carboxylic acids is 2. The fourth-order valence-corrected chi connectivity index (χ4v) is 2.51. The fraction of sp³-hybridized carbons (Fsp3) is 0.353. The van der Waals surface area contributed by atoms with Crippen molar-refractivity contribution in [2.75, 3.05) is 17.2 Å². The van der Waals surface area contributed by atoms with Crippen LogP contribution in [0.25, 0.3) is 0 Å². The van der Waals surface area contributed by atoms with Gasteiger partial charge in [0.25, 0.3) is 5.91 Å². The molecule has 0 aliphatic rings. The van der Waals surface area contributed by atoms with Gasteiger partial charge in [-0.15, -0.1) is 0 Å². The summed E-state index contributed by atoms with van der Waals surface area (Å²) in [5.41, 5.74) is 5.33. The Balaban J connectivity index is 2.98. The molecule has 0 bridgehead atoms. The van der Waals surface area contributed by atoms with Gasteiger partial charge in [0, 0.05) is 17.7 Å². The Labute approximate surface area is 166 Å². The lowest BCUT2D eigenvalue weighted by atomic mass is 10.1. The van der Waals surface area contributed by atoms with Crippen LogP contribution in [0.4, 0.5) is 5.69 Å². The van der Waals surface area contributed by atoms with Crippen LogP contribution in [0, 0.1) is 0 Å². The van der Waals surface area contributed by atoms with Crippen LogP contribution < -0.4 is 16.0 Å². The molecule has 1 aromatic rings. The number of carbonyl (C=O) groups excluding carboxylic acids is 3. The van der Waals surface area contributed by atoms with Crippen molar-refractivity contribution >= 4 is 48.4 Å². The van der Waals surface area contributed by atoms with Crippen molar-refractivity contribution < 1.29 is 34.2 Å². The highest BCUT2D eigenvalue weighted by Gasteiger charge is 2.29. The van der Waals surface area contributed by atoms with Crippen molar-refractivity contribution in [1.29, 1.82) is 0 Å². The molecule has 0 fully saturated rings. The largest absolute Gasteiger partial charge is 0.480 e. The van der Waals surface area contributed by atoms with Crippen molar-refractivity contribution in [3.63, 3.8) is 0 Å². The van der Waals surface area contributed by atoms with Crippen molar-refractivity contribution in [1.82, 2.24) is 5.32 Å². The maximum Gasteiger partial charge on any atom is 0.323 e. The normalized spacial score (nSPS) is 12.5. The molecule has 1 rings (SSSR count). The van der Waals surface area contributed by atoms with E-state index in [1.165, 1.54) is 24.3 Å². The van der Waals surface area contributed by atoms with Gasteiger partial charge in [-0.3, -0.25) is 28.9 Å². The Morgan fingerprint density at radius 3 is 2.39 bits per heavy atom. The molecule has 0 aliphatic carbocycles. The Kier molecular flexibility index (Phi) is 9.12. The molecule has 2 unspecified atom stereocenters. The quantitative estimate of drug-likeness (QED) is 0.295. The minimum absolute atomic E-state index is 0.0197. The maximum atomic E-state index is 12.8. The van der Waals surface area contributed by atoms with Gasteiger partial charge in [-0.1, -0.05) is 12.1 Å². The summed E-state index contributed by atoms with van der Waals surface area (Å²) in [5.74, 6) is -4.18. The second kappa shape index (κ2) is 11.0. The van der Waals surface area contributed by atoms with Crippen molar-refractivity contribution in [3.8, 4) is 0 Å². The monoisotopic (exact) mass is 410 g/mol. The van der Waals surface area contributed by atoms with Gasteiger partial charge in [0.2, 0.25) is 12.2 Å². The van der Waals surface area contributed by atoms with E-state index in [2.05, 4.69) is 17.9 Å². The molecule has 0 aliphatic heterocycles. The summed E-state index contributed by atoms with van der Waals surface area (Å²) in [6, 6.07) is 3.36. The number of hydrogen-bond donors (Lipinski definition) is 5. The second-order valence-corrected chi connectivity index (χ2v) is 6.09. The summed E-state index contributed by atoms with van der Waals surface area (Å²) >= 11 is 4.01. The van der Waals surface area contributed by atoms with E-state index in [-0.39, 0.29) is 29.8 Å². The molecule has 0 saturated carbocycles. The number of nitrogens with two attached hydrogens (primary N) is 1. The molecular weight excluding hydrogens is 390 g/mol. The minimum atomic E-state index is -1.33. The molecule has 151 valence electrons. The smallest absolute Gasteiger partial charge is 0.323 e. The molecule has 2 atom stereocenters. The Bertz CT molecular complexity index is 756. The molecule has 11 heteroatoms. The predicted octanol–water partition coefficient (Wildman–Crippen LogP) is -0.831. The number of rotatable bonds is 11. The third kappa shape index (κ3) is 6.67. The molecule has 0 heterocycles. The van der Waals surface area contributed by atoms with Gasteiger partial charge in [-0.2, -0.15) is 12.6 Å². The highest BCUT2D eigenvalue weighted by Crippen LogP contribution is 2.20. The first-order valence-electron chi connectivity index (χ1n) is 8.10. The Morgan fingerprint density at radius 1 is 1.21 bits per heavy atom. The van der Waals surface area contributed by atoms with Crippen LogP contribution in [0.15, 0.2) is 24.3 Å². The number of para-hydroxylation sites is 1. The average Bonchev–Trinajstić information content (AvgIpc) is 2.67. The van der Waals surface area contributed by atoms with E-state index in [9.17, 15) is 24.0 Å². The van der Waals surface area contributed by atoms with Gasteiger partial charge in [0.05, 0.1) is 5.69 Å². The van der Waals surface area contributed by atoms with Crippen molar-refractivity contribution in [2.45, 2.75) is 24.9 Å². The SMILES string of the molecule is NC(CCC(=O)NC(CS)C(=O)N(CC(=O)O)c1ccccc1[C]=O)C(=O)O. The topological polar surface area (TPSA) is 167 Å². The number of hydrogen-bond acceptors (Lipinski definition) is 7. The Morgan fingerprint density at radius 2 is 1.86 bits per heavy atom. The molecule has 28 heavy (non-hydrogen) atoms. The number of nitrogens with zero attached hydrogens (tertiary/aromatic N) is 1. The van der Waals surface area contributed by atoms with E-state index >= 15 is 0 Å². The number of carbonyl (C=O) groups is 4. The molecule has 0 saturated heterocycles. The van der Waals surface area contributed by atoms with Crippen LogP contribution in [0.5, 0.6) is 0 Å². The lowest BCUT2D eigenvalue weighted by molar-refractivity contribution is -0.139. The summed E-state index contributed by atoms with van der Waals surface area (Å²) in [4.78, 5) is 58.6.